The molecule has 1 saturated carbocycles. The zero-order valence-corrected chi connectivity index (χ0v) is 7.53. The Bertz CT molecular complexity index is 306. The molecular weight excluding hydrogens is 164 g/mol. The molecule has 1 aromatic heterocycles. The molecule has 13 heavy (non-hydrogen) atoms. The highest BCUT2D eigenvalue weighted by atomic mass is 16.3. The average Bonchev–Trinajstić information content (AvgIpc) is 2.54. The fraction of sp³-hybridized carbons (Fsp3) is 0.500. The highest BCUT2D eigenvalue weighted by Crippen LogP contribution is 2.37. The van der Waals surface area contributed by atoms with Crippen LogP contribution in [-0.4, -0.2) is 10.1 Å². The number of rotatable bonds is 1. The van der Waals surface area contributed by atoms with Gasteiger partial charge in [0.15, 0.2) is 0 Å². The molecule has 3 nitrogen and oxygen atoms in total. The Morgan fingerprint density at radius 3 is 2.62 bits per heavy atom. The van der Waals surface area contributed by atoms with Crippen molar-refractivity contribution in [1.29, 1.82) is 0 Å². The summed E-state index contributed by atoms with van der Waals surface area (Å²) in [6, 6.07) is 5.43. The molecule has 1 aromatic rings. The molecule has 0 amide bonds. The summed E-state index contributed by atoms with van der Waals surface area (Å²) in [5, 5.41) is 10.2. The average molecular weight is 178 g/mol. The fourth-order valence-electron chi connectivity index (χ4n) is 1.93. The minimum absolute atomic E-state index is 0.484. The van der Waals surface area contributed by atoms with Crippen LogP contribution in [0.2, 0.25) is 0 Å². The van der Waals surface area contributed by atoms with Gasteiger partial charge in [0.05, 0.1) is 5.69 Å². The van der Waals surface area contributed by atoms with E-state index in [9.17, 15) is 5.11 Å². The van der Waals surface area contributed by atoms with Crippen molar-refractivity contribution in [2.45, 2.75) is 31.3 Å². The lowest BCUT2D eigenvalue weighted by Gasteiger charge is -2.21. The van der Waals surface area contributed by atoms with Gasteiger partial charge >= 0.3 is 0 Å². The molecule has 1 fully saturated rings. The zero-order valence-electron chi connectivity index (χ0n) is 7.53. The maximum Gasteiger partial charge on any atom is 0.123 e. The summed E-state index contributed by atoms with van der Waals surface area (Å²) in [4.78, 5) is 4.15. The lowest BCUT2D eigenvalue weighted by Crippen LogP contribution is -2.22. The van der Waals surface area contributed by atoms with Crippen molar-refractivity contribution in [3.8, 4) is 0 Å². The van der Waals surface area contributed by atoms with E-state index in [4.69, 9.17) is 5.73 Å². The first-order valence-corrected chi connectivity index (χ1v) is 4.66. The van der Waals surface area contributed by atoms with Crippen molar-refractivity contribution >= 4 is 5.82 Å². The molecular formula is C10H14N2O. The van der Waals surface area contributed by atoms with E-state index in [1.807, 2.05) is 12.1 Å². The van der Waals surface area contributed by atoms with Gasteiger partial charge in [0.2, 0.25) is 0 Å². The van der Waals surface area contributed by atoms with Crippen LogP contribution in [-0.2, 0) is 5.60 Å². The third kappa shape index (κ3) is 1.52. The van der Waals surface area contributed by atoms with Crippen LogP contribution in [0.15, 0.2) is 18.2 Å². The summed E-state index contributed by atoms with van der Waals surface area (Å²) in [5.74, 6) is 0.484. The van der Waals surface area contributed by atoms with E-state index in [0.29, 0.717) is 5.82 Å². The Morgan fingerprint density at radius 1 is 1.31 bits per heavy atom. The number of hydrogen-bond donors (Lipinski definition) is 2. The smallest absolute Gasteiger partial charge is 0.123 e. The molecule has 2 rings (SSSR count). The number of anilines is 1. The van der Waals surface area contributed by atoms with E-state index in [-0.39, 0.29) is 0 Å². The molecule has 0 aliphatic heterocycles. The number of nitrogens with zero attached hydrogens (tertiary/aromatic N) is 1. The molecule has 3 N–H and O–H groups in total. The van der Waals surface area contributed by atoms with Crippen LogP contribution in [0.3, 0.4) is 0 Å². The molecule has 3 heteroatoms. The number of hydrogen-bond acceptors (Lipinski definition) is 3. The van der Waals surface area contributed by atoms with E-state index in [0.717, 1.165) is 31.4 Å². The zero-order chi connectivity index (χ0) is 9.31. The number of aromatic nitrogens is 1. The summed E-state index contributed by atoms with van der Waals surface area (Å²) in [6.07, 6.45) is 3.77. The van der Waals surface area contributed by atoms with Crippen LogP contribution in [0.25, 0.3) is 0 Å². The highest BCUT2D eigenvalue weighted by Gasteiger charge is 2.34. The molecule has 0 bridgehead atoms. The maximum atomic E-state index is 10.2. The SMILES string of the molecule is Nc1cccc(C2(O)CCCC2)n1. The van der Waals surface area contributed by atoms with Gasteiger partial charge < -0.3 is 10.8 Å². The minimum atomic E-state index is -0.713. The molecule has 1 aliphatic carbocycles. The Morgan fingerprint density at radius 2 is 2.00 bits per heavy atom. The fourth-order valence-corrected chi connectivity index (χ4v) is 1.93. The molecule has 70 valence electrons. The van der Waals surface area contributed by atoms with Crippen LogP contribution < -0.4 is 5.73 Å². The van der Waals surface area contributed by atoms with Gasteiger partial charge in [-0.15, -0.1) is 0 Å². The van der Waals surface area contributed by atoms with E-state index < -0.39 is 5.60 Å². The van der Waals surface area contributed by atoms with Gasteiger partial charge in [0.25, 0.3) is 0 Å². The van der Waals surface area contributed by atoms with Crippen molar-refractivity contribution in [2.75, 3.05) is 5.73 Å². The third-order valence-electron chi connectivity index (χ3n) is 2.68. The first-order valence-electron chi connectivity index (χ1n) is 4.66. The lowest BCUT2D eigenvalue weighted by atomic mass is 9.97. The monoisotopic (exact) mass is 178 g/mol. The summed E-state index contributed by atoms with van der Waals surface area (Å²) in [6.45, 7) is 0. The van der Waals surface area contributed by atoms with Gasteiger partial charge in [-0.25, -0.2) is 4.98 Å². The number of aliphatic hydroxyl groups is 1. The van der Waals surface area contributed by atoms with Gasteiger partial charge in [-0.3, -0.25) is 0 Å². The van der Waals surface area contributed by atoms with Gasteiger partial charge in [0.1, 0.15) is 11.4 Å². The van der Waals surface area contributed by atoms with Crippen LogP contribution in [0.5, 0.6) is 0 Å². The first kappa shape index (κ1) is 8.51. The Labute approximate surface area is 77.6 Å². The van der Waals surface area contributed by atoms with E-state index in [1.54, 1.807) is 6.07 Å². The maximum absolute atomic E-state index is 10.2. The molecule has 0 radical (unpaired) electrons. The largest absolute Gasteiger partial charge is 0.384 e. The van der Waals surface area contributed by atoms with Crippen LogP contribution in [0.1, 0.15) is 31.4 Å². The molecule has 0 aromatic carbocycles. The van der Waals surface area contributed by atoms with Crippen molar-refractivity contribution < 1.29 is 5.11 Å². The summed E-state index contributed by atoms with van der Waals surface area (Å²) >= 11 is 0. The molecule has 0 spiro atoms. The number of pyridine rings is 1. The van der Waals surface area contributed by atoms with Gasteiger partial charge in [-0.05, 0) is 25.0 Å². The predicted molar refractivity (Wildman–Crippen MR) is 51.0 cm³/mol. The lowest BCUT2D eigenvalue weighted by molar-refractivity contribution is 0.0401. The standard InChI is InChI=1S/C10H14N2O/c11-9-5-3-4-8(12-9)10(13)6-1-2-7-10/h3-5,13H,1-2,6-7H2,(H2,11,12). The third-order valence-corrected chi connectivity index (χ3v) is 2.68. The second kappa shape index (κ2) is 3.00. The second-order valence-electron chi connectivity index (χ2n) is 3.69. The predicted octanol–water partition coefficient (Wildman–Crippen LogP) is 1.43. The van der Waals surface area contributed by atoms with Gasteiger partial charge in [-0.2, -0.15) is 0 Å². The first-order chi connectivity index (χ1) is 6.21. The summed E-state index contributed by atoms with van der Waals surface area (Å²) in [7, 11) is 0. The van der Waals surface area contributed by atoms with Crippen molar-refractivity contribution in [1.82, 2.24) is 4.98 Å². The summed E-state index contributed by atoms with van der Waals surface area (Å²) < 4.78 is 0. The molecule has 0 atom stereocenters. The number of nitrogen functional groups attached to an aromatic ring is 1. The molecule has 0 saturated heterocycles. The van der Waals surface area contributed by atoms with Crippen LogP contribution in [0.4, 0.5) is 5.82 Å². The van der Waals surface area contributed by atoms with Crippen molar-refractivity contribution in [2.24, 2.45) is 0 Å². The van der Waals surface area contributed by atoms with E-state index in [1.165, 1.54) is 0 Å². The topological polar surface area (TPSA) is 59.1 Å². The van der Waals surface area contributed by atoms with Gasteiger partial charge in [0, 0.05) is 0 Å². The Balaban J connectivity index is 2.33. The minimum Gasteiger partial charge on any atom is -0.384 e. The summed E-state index contributed by atoms with van der Waals surface area (Å²) in [5.41, 5.74) is 5.58. The van der Waals surface area contributed by atoms with Gasteiger partial charge in [-0.1, -0.05) is 18.9 Å². The number of nitrogens with two attached hydrogens (primary N) is 1. The van der Waals surface area contributed by atoms with Crippen molar-refractivity contribution in [3.05, 3.63) is 23.9 Å². The quantitative estimate of drug-likeness (QED) is 0.683. The Hall–Kier alpha value is -1.09. The Kier molecular flexibility index (Phi) is 1.96. The van der Waals surface area contributed by atoms with Crippen LogP contribution >= 0.6 is 0 Å². The molecule has 1 heterocycles. The normalized spacial score (nSPS) is 20.4. The van der Waals surface area contributed by atoms with E-state index >= 15 is 0 Å². The molecule has 0 unspecified atom stereocenters. The van der Waals surface area contributed by atoms with Crippen molar-refractivity contribution in [3.63, 3.8) is 0 Å². The van der Waals surface area contributed by atoms with E-state index in [2.05, 4.69) is 4.98 Å². The highest BCUT2D eigenvalue weighted by molar-refractivity contribution is 5.31. The molecule has 1 aliphatic rings. The van der Waals surface area contributed by atoms with Crippen LogP contribution in [0, 0.1) is 0 Å². The second-order valence-corrected chi connectivity index (χ2v) is 3.69.